The molecule has 2 aromatic rings. The van der Waals surface area contributed by atoms with Gasteiger partial charge in [-0.2, -0.15) is 5.10 Å². The van der Waals surface area contributed by atoms with Crippen LogP contribution >= 0.6 is 12.4 Å². The van der Waals surface area contributed by atoms with Crippen molar-refractivity contribution in [2.45, 2.75) is 33.4 Å². The Labute approximate surface area is 173 Å². The second-order valence-corrected chi connectivity index (χ2v) is 7.63. The van der Waals surface area contributed by atoms with Crippen LogP contribution in [-0.4, -0.2) is 46.9 Å². The molecule has 1 aromatic carbocycles. The zero-order chi connectivity index (χ0) is 19.2. The van der Waals surface area contributed by atoms with Crippen LogP contribution in [0.3, 0.4) is 0 Å². The first-order valence-corrected chi connectivity index (χ1v) is 9.70. The third kappa shape index (κ3) is 6.33. The van der Waals surface area contributed by atoms with Crippen LogP contribution in [0, 0.1) is 5.92 Å². The number of amides is 1. The Bertz CT molecular complexity index is 752. The van der Waals surface area contributed by atoms with Crippen LogP contribution in [0.1, 0.15) is 41.2 Å². The first-order valence-electron chi connectivity index (χ1n) is 9.70. The summed E-state index contributed by atoms with van der Waals surface area (Å²) in [6.07, 6.45) is 0.881. The predicted octanol–water partition coefficient (Wildman–Crippen LogP) is 2.80. The van der Waals surface area contributed by atoms with E-state index < -0.39 is 0 Å². The van der Waals surface area contributed by atoms with E-state index in [1.165, 1.54) is 5.56 Å². The molecule has 1 saturated heterocycles. The Kier molecular flexibility index (Phi) is 8.48. The van der Waals surface area contributed by atoms with E-state index in [0.717, 1.165) is 50.5 Å². The summed E-state index contributed by atoms with van der Waals surface area (Å²) in [6.45, 7) is 9.37. The highest BCUT2D eigenvalue weighted by Crippen LogP contribution is 2.11. The van der Waals surface area contributed by atoms with E-state index in [1.807, 2.05) is 13.1 Å². The van der Waals surface area contributed by atoms with Crippen molar-refractivity contribution < 1.29 is 9.53 Å². The van der Waals surface area contributed by atoms with E-state index in [0.29, 0.717) is 18.2 Å². The zero-order valence-corrected chi connectivity index (χ0v) is 17.8. The molecule has 6 nitrogen and oxygen atoms in total. The van der Waals surface area contributed by atoms with Crippen LogP contribution in [0.4, 0.5) is 0 Å². The van der Waals surface area contributed by atoms with Crippen LogP contribution < -0.4 is 5.32 Å². The Balaban J connectivity index is 0.00000280. The summed E-state index contributed by atoms with van der Waals surface area (Å²) in [7, 11) is 1.82. The Morgan fingerprint density at radius 2 is 1.82 bits per heavy atom. The van der Waals surface area contributed by atoms with Crippen molar-refractivity contribution in [1.82, 2.24) is 20.0 Å². The number of hydrogen-bond donors (Lipinski definition) is 1. The maximum absolute atomic E-state index is 12.5. The Hall–Kier alpha value is -1.89. The lowest BCUT2D eigenvalue weighted by Crippen LogP contribution is -2.35. The summed E-state index contributed by atoms with van der Waals surface area (Å²) in [4.78, 5) is 14.9. The molecule has 0 unspecified atom stereocenters. The molecule has 0 bridgehead atoms. The fraction of sp³-hybridized carbons (Fsp3) is 0.524. The number of morpholine rings is 1. The number of benzene rings is 1. The molecule has 0 aliphatic carbocycles. The molecule has 0 spiro atoms. The summed E-state index contributed by atoms with van der Waals surface area (Å²) in [5.74, 6) is 0.434. The summed E-state index contributed by atoms with van der Waals surface area (Å²) in [5.41, 5.74) is 3.95. The minimum Gasteiger partial charge on any atom is -0.379 e. The van der Waals surface area contributed by atoms with Gasteiger partial charge >= 0.3 is 0 Å². The molecule has 1 aliphatic rings. The van der Waals surface area contributed by atoms with Gasteiger partial charge in [0.25, 0.3) is 5.91 Å². The molecule has 0 saturated carbocycles. The van der Waals surface area contributed by atoms with Crippen LogP contribution in [0.25, 0.3) is 0 Å². The van der Waals surface area contributed by atoms with E-state index in [4.69, 9.17) is 4.74 Å². The Morgan fingerprint density at radius 1 is 1.18 bits per heavy atom. The van der Waals surface area contributed by atoms with Gasteiger partial charge in [0, 0.05) is 33.2 Å². The van der Waals surface area contributed by atoms with E-state index in [1.54, 1.807) is 4.68 Å². The molecule has 0 radical (unpaired) electrons. The minimum absolute atomic E-state index is 0. The van der Waals surface area contributed by atoms with Crippen molar-refractivity contribution >= 4 is 18.3 Å². The van der Waals surface area contributed by atoms with Crippen LogP contribution in [0.2, 0.25) is 0 Å². The number of rotatable bonds is 7. The second-order valence-electron chi connectivity index (χ2n) is 7.63. The van der Waals surface area contributed by atoms with Crippen molar-refractivity contribution in [3.63, 3.8) is 0 Å². The van der Waals surface area contributed by atoms with Gasteiger partial charge in [0.2, 0.25) is 0 Å². The van der Waals surface area contributed by atoms with Gasteiger partial charge in [0.15, 0.2) is 0 Å². The third-order valence-corrected chi connectivity index (χ3v) is 4.77. The number of nitrogens with one attached hydrogen (secondary N) is 1. The molecular formula is C21H31ClN4O2. The highest BCUT2D eigenvalue weighted by molar-refractivity contribution is 5.92. The minimum atomic E-state index is -0.0857. The molecule has 2 heterocycles. The quantitative estimate of drug-likeness (QED) is 0.768. The summed E-state index contributed by atoms with van der Waals surface area (Å²) < 4.78 is 7.05. The lowest BCUT2D eigenvalue weighted by Gasteiger charge is -2.26. The van der Waals surface area contributed by atoms with Crippen LogP contribution in [0.5, 0.6) is 0 Å². The number of ether oxygens (including phenoxy) is 1. The Morgan fingerprint density at radius 3 is 2.46 bits per heavy atom. The smallest absolute Gasteiger partial charge is 0.269 e. The SMILES string of the molecule is CC(C)Cc1cc(C(=O)NCc2ccc(CN3CCOCC3)cc2)n(C)n1.Cl. The summed E-state index contributed by atoms with van der Waals surface area (Å²) in [5, 5.41) is 7.43. The van der Waals surface area contributed by atoms with Crippen LogP contribution in [-0.2, 0) is 31.3 Å². The number of nitrogens with zero attached hydrogens (tertiary/aromatic N) is 3. The maximum Gasteiger partial charge on any atom is 0.269 e. The van der Waals surface area contributed by atoms with Gasteiger partial charge in [-0.1, -0.05) is 38.1 Å². The van der Waals surface area contributed by atoms with Crippen molar-refractivity contribution in [2.24, 2.45) is 13.0 Å². The third-order valence-electron chi connectivity index (χ3n) is 4.77. The van der Waals surface area contributed by atoms with E-state index >= 15 is 0 Å². The number of carbonyl (C=O) groups excluding carboxylic acids is 1. The lowest BCUT2D eigenvalue weighted by atomic mass is 10.1. The van der Waals surface area contributed by atoms with Crippen molar-refractivity contribution in [3.05, 3.63) is 52.8 Å². The fourth-order valence-corrected chi connectivity index (χ4v) is 3.31. The van der Waals surface area contributed by atoms with Gasteiger partial charge in [-0.25, -0.2) is 0 Å². The van der Waals surface area contributed by atoms with Gasteiger partial charge in [0.1, 0.15) is 5.69 Å². The van der Waals surface area contributed by atoms with Gasteiger partial charge in [-0.05, 0) is 29.5 Å². The molecule has 154 valence electrons. The number of halogens is 1. The lowest BCUT2D eigenvalue weighted by molar-refractivity contribution is 0.0342. The van der Waals surface area contributed by atoms with Gasteiger partial charge in [-0.15, -0.1) is 12.4 Å². The first kappa shape index (κ1) is 22.4. The molecule has 1 N–H and O–H groups in total. The van der Waals surface area contributed by atoms with E-state index in [9.17, 15) is 4.79 Å². The molecule has 28 heavy (non-hydrogen) atoms. The first-order chi connectivity index (χ1) is 13.0. The highest BCUT2D eigenvalue weighted by Gasteiger charge is 2.14. The van der Waals surface area contributed by atoms with Gasteiger partial charge < -0.3 is 10.1 Å². The van der Waals surface area contributed by atoms with Crippen molar-refractivity contribution in [2.75, 3.05) is 26.3 Å². The standard InChI is InChI=1S/C21H30N4O2.ClH/c1-16(2)12-19-13-20(24(3)23-19)21(26)22-14-17-4-6-18(7-5-17)15-25-8-10-27-11-9-25;/h4-7,13,16H,8-12,14-15H2,1-3H3,(H,22,26);1H. The molecule has 1 amide bonds. The van der Waals surface area contributed by atoms with Crippen molar-refractivity contribution in [3.8, 4) is 0 Å². The fourth-order valence-electron chi connectivity index (χ4n) is 3.31. The second kappa shape index (κ2) is 10.6. The molecule has 1 aliphatic heterocycles. The molecular weight excluding hydrogens is 376 g/mol. The molecule has 3 rings (SSSR count). The number of aryl methyl sites for hydroxylation is 1. The molecule has 0 atom stereocenters. The zero-order valence-electron chi connectivity index (χ0n) is 17.0. The maximum atomic E-state index is 12.5. The largest absolute Gasteiger partial charge is 0.379 e. The van der Waals surface area contributed by atoms with Crippen LogP contribution in [0.15, 0.2) is 30.3 Å². The molecule has 1 aromatic heterocycles. The number of aromatic nitrogens is 2. The predicted molar refractivity (Wildman–Crippen MR) is 113 cm³/mol. The number of hydrogen-bond acceptors (Lipinski definition) is 4. The highest BCUT2D eigenvalue weighted by atomic mass is 35.5. The van der Waals surface area contributed by atoms with Gasteiger partial charge in [-0.3, -0.25) is 14.4 Å². The van der Waals surface area contributed by atoms with Crippen molar-refractivity contribution in [1.29, 1.82) is 0 Å². The monoisotopic (exact) mass is 406 g/mol. The van der Waals surface area contributed by atoms with E-state index in [-0.39, 0.29) is 18.3 Å². The molecule has 1 fully saturated rings. The molecule has 7 heteroatoms. The normalized spacial score (nSPS) is 14.7. The van der Waals surface area contributed by atoms with Gasteiger partial charge in [0.05, 0.1) is 18.9 Å². The number of carbonyl (C=O) groups is 1. The summed E-state index contributed by atoms with van der Waals surface area (Å²) in [6, 6.07) is 10.3. The van der Waals surface area contributed by atoms with E-state index in [2.05, 4.69) is 53.4 Å². The average Bonchev–Trinajstić information content (AvgIpc) is 3.01. The topological polar surface area (TPSA) is 59.4 Å². The summed E-state index contributed by atoms with van der Waals surface area (Å²) >= 11 is 0. The average molecular weight is 407 g/mol.